The first-order valence-corrected chi connectivity index (χ1v) is 22.1. The van der Waals surface area contributed by atoms with Crippen molar-refractivity contribution in [3.8, 4) is 45.5 Å². The van der Waals surface area contributed by atoms with E-state index in [1.54, 1.807) is 46.2 Å². The maximum absolute atomic E-state index is 9.46. The van der Waals surface area contributed by atoms with Crippen LogP contribution in [0.15, 0.2) is 29.3 Å². The minimum atomic E-state index is -0.0971. The van der Waals surface area contributed by atoms with Crippen LogP contribution in [0.25, 0.3) is 61.8 Å². The molecule has 6 aromatic rings. The average Bonchev–Trinajstić information content (AvgIpc) is 4.02. The highest BCUT2D eigenvalue weighted by Gasteiger charge is 2.47. The highest BCUT2D eigenvalue weighted by molar-refractivity contribution is 7.45. The smallest absolute Gasteiger partial charge is 0.139 e. The van der Waals surface area contributed by atoms with Crippen molar-refractivity contribution >= 4 is 120 Å². The summed E-state index contributed by atoms with van der Waals surface area (Å²) in [6.45, 7) is 5.40. The molecule has 0 N–H and O–H groups in total. The lowest BCUT2D eigenvalue weighted by Gasteiger charge is -2.37. The topological polar surface area (TPSA) is 114 Å². The second-order valence-corrected chi connectivity index (χ2v) is 19.2. The molecule has 0 saturated heterocycles. The predicted molar refractivity (Wildman–Crippen MR) is 221 cm³/mol. The Hall–Kier alpha value is -4.24. The van der Waals surface area contributed by atoms with Gasteiger partial charge in [0.1, 0.15) is 46.9 Å². The van der Waals surface area contributed by atoms with E-state index in [-0.39, 0.29) is 16.6 Å². The zero-order valence-electron chi connectivity index (χ0n) is 28.4. The largest absolute Gasteiger partial charge is 0.492 e. The van der Waals surface area contributed by atoms with Crippen LogP contribution >= 0.6 is 68.0 Å². The molecule has 6 aromatic heterocycles. The summed E-state index contributed by atoms with van der Waals surface area (Å²) in [5, 5.41) is 37.6. The van der Waals surface area contributed by atoms with Gasteiger partial charge in [0.15, 0.2) is 0 Å². The third-order valence-electron chi connectivity index (χ3n) is 9.48. The zero-order chi connectivity index (χ0) is 36.0. The van der Waals surface area contributed by atoms with Gasteiger partial charge in [0.05, 0.1) is 51.3 Å². The van der Waals surface area contributed by atoms with Crippen LogP contribution in [0.4, 0.5) is 0 Å². The summed E-state index contributed by atoms with van der Waals surface area (Å²) >= 11 is 10.7. The Morgan fingerprint density at radius 1 is 0.673 bits per heavy atom. The SMILES string of the molecule is CCCOc1cc(C=C(C#N)C#N)sc1C1=Cc2sc3c(sc4c5sc(-c6sc(C=C(C#N)C#N)cc6OCCC)cc5sc34)c2C12CCCCC2. The number of nitriles is 4. The van der Waals surface area contributed by atoms with Crippen molar-refractivity contribution in [1.29, 1.82) is 21.0 Å². The van der Waals surface area contributed by atoms with E-state index in [9.17, 15) is 21.0 Å². The third kappa shape index (κ3) is 5.80. The fourth-order valence-electron chi connectivity index (χ4n) is 7.31. The lowest BCUT2D eigenvalue weighted by molar-refractivity contribution is 0.316. The van der Waals surface area contributed by atoms with Crippen LogP contribution in [0.3, 0.4) is 0 Å². The van der Waals surface area contributed by atoms with Gasteiger partial charge in [0.2, 0.25) is 0 Å². The maximum atomic E-state index is 9.46. The Morgan fingerprint density at radius 2 is 1.25 bits per heavy atom. The van der Waals surface area contributed by atoms with Crippen molar-refractivity contribution in [2.24, 2.45) is 0 Å². The molecule has 6 nitrogen and oxygen atoms in total. The Morgan fingerprint density at radius 3 is 1.87 bits per heavy atom. The van der Waals surface area contributed by atoms with Crippen molar-refractivity contribution in [1.82, 2.24) is 0 Å². The van der Waals surface area contributed by atoms with E-state index >= 15 is 0 Å². The molecule has 1 saturated carbocycles. The lowest BCUT2D eigenvalue weighted by Crippen LogP contribution is -2.28. The van der Waals surface area contributed by atoms with E-state index in [1.165, 1.54) is 63.5 Å². The number of fused-ring (bicyclic) bond motifs is 8. The highest BCUT2D eigenvalue weighted by atomic mass is 32.1. The van der Waals surface area contributed by atoms with Crippen molar-refractivity contribution in [2.45, 2.75) is 64.2 Å². The number of hydrogen-bond acceptors (Lipinski definition) is 12. The minimum Gasteiger partial charge on any atom is -0.492 e. The fourth-order valence-corrected chi connectivity index (χ4v) is 15.6. The summed E-state index contributed by atoms with van der Waals surface area (Å²) in [6, 6.07) is 14.2. The standard InChI is InChI=1S/C40H30N4O2S6/c1-3-10-45-27-14-24(12-22(18-41)19-42)47-33(27)26-16-29-32(40(26)8-6-5-7-9-40)36-38(49-29)39-37(52-36)35-31(51-39)17-30(50-35)34-28(46-11-4-2)15-25(48-34)13-23(20-43)21-44/h12-17H,3-11H2,1-2H3. The van der Waals surface area contributed by atoms with Crippen LogP contribution in [0.5, 0.6) is 11.5 Å². The van der Waals surface area contributed by atoms with Crippen LogP contribution in [0.1, 0.15) is 83.9 Å². The Balaban J connectivity index is 1.24. The van der Waals surface area contributed by atoms with E-state index in [1.807, 2.05) is 70.4 Å². The Bertz CT molecular complexity index is 2620. The molecule has 2 aliphatic carbocycles. The molecule has 2 aliphatic rings. The van der Waals surface area contributed by atoms with E-state index in [2.05, 4.69) is 26.0 Å². The third-order valence-corrected chi connectivity index (χ3v) is 17.2. The van der Waals surface area contributed by atoms with Gasteiger partial charge in [-0.25, -0.2) is 0 Å². The van der Waals surface area contributed by atoms with Crippen molar-refractivity contribution < 1.29 is 9.47 Å². The second-order valence-electron chi connectivity index (χ2n) is 12.8. The van der Waals surface area contributed by atoms with Crippen molar-refractivity contribution in [3.63, 3.8) is 0 Å². The van der Waals surface area contributed by atoms with Crippen LogP contribution in [-0.2, 0) is 5.41 Å². The van der Waals surface area contributed by atoms with E-state index in [4.69, 9.17) is 9.47 Å². The number of allylic oxidation sites excluding steroid dienone is 3. The van der Waals surface area contributed by atoms with Gasteiger partial charge in [0.25, 0.3) is 0 Å². The molecule has 0 atom stereocenters. The number of nitrogens with zero attached hydrogens (tertiary/aromatic N) is 4. The van der Waals surface area contributed by atoms with E-state index in [0.717, 1.165) is 61.6 Å². The van der Waals surface area contributed by atoms with Crippen molar-refractivity contribution in [3.05, 3.63) is 54.4 Å². The molecule has 6 heterocycles. The molecule has 0 amide bonds. The Kier molecular flexibility index (Phi) is 9.57. The number of rotatable bonds is 10. The summed E-state index contributed by atoms with van der Waals surface area (Å²) in [4.78, 5) is 6.36. The van der Waals surface area contributed by atoms with Gasteiger partial charge in [-0.2, -0.15) is 21.0 Å². The number of ether oxygens (including phenoxy) is 2. The molecule has 258 valence electrons. The quantitative estimate of drug-likeness (QED) is 0.128. The predicted octanol–water partition coefficient (Wildman–Crippen LogP) is 13.4. The van der Waals surface area contributed by atoms with Gasteiger partial charge in [0, 0.05) is 24.7 Å². The van der Waals surface area contributed by atoms with Gasteiger partial charge in [-0.05, 0) is 73.2 Å². The molecular weight excluding hydrogens is 761 g/mol. The van der Waals surface area contributed by atoms with E-state index in [0.29, 0.717) is 13.2 Å². The Labute approximate surface area is 325 Å². The van der Waals surface area contributed by atoms with E-state index < -0.39 is 0 Å². The minimum absolute atomic E-state index is 0.0801. The molecule has 0 bridgehead atoms. The normalized spacial score (nSPS) is 14.5. The average molecular weight is 791 g/mol. The van der Waals surface area contributed by atoms with Gasteiger partial charge in [-0.15, -0.1) is 68.0 Å². The van der Waals surface area contributed by atoms with Crippen LogP contribution in [-0.4, -0.2) is 13.2 Å². The summed E-state index contributed by atoms with van der Waals surface area (Å²) in [6.07, 6.45) is 13.3. The lowest BCUT2D eigenvalue weighted by atomic mass is 9.67. The molecule has 0 radical (unpaired) electrons. The molecule has 52 heavy (non-hydrogen) atoms. The molecule has 1 spiro atoms. The molecule has 0 aliphatic heterocycles. The summed E-state index contributed by atoms with van der Waals surface area (Å²) in [5.41, 5.74) is 2.90. The number of hydrogen-bond donors (Lipinski definition) is 0. The maximum Gasteiger partial charge on any atom is 0.139 e. The van der Waals surface area contributed by atoms with Crippen LogP contribution in [0, 0.1) is 45.3 Å². The molecule has 0 aromatic carbocycles. The number of thiophene rings is 6. The fraction of sp³-hybridized carbons (Fsp3) is 0.300. The first-order chi connectivity index (χ1) is 25.4. The molecular formula is C40H30N4O2S6. The van der Waals surface area contributed by atoms with Crippen LogP contribution < -0.4 is 9.47 Å². The summed E-state index contributed by atoms with van der Waals surface area (Å²) in [7, 11) is 0. The van der Waals surface area contributed by atoms with Gasteiger partial charge >= 0.3 is 0 Å². The molecule has 8 rings (SSSR count). The molecule has 1 fully saturated rings. The second kappa shape index (κ2) is 14.3. The van der Waals surface area contributed by atoms with Gasteiger partial charge < -0.3 is 9.47 Å². The highest BCUT2D eigenvalue weighted by Crippen LogP contribution is 2.64. The molecule has 12 heteroatoms. The van der Waals surface area contributed by atoms with Gasteiger partial charge in [-0.1, -0.05) is 33.1 Å². The van der Waals surface area contributed by atoms with Gasteiger partial charge in [-0.3, -0.25) is 0 Å². The summed E-state index contributed by atoms with van der Waals surface area (Å²) < 4.78 is 20.6. The monoisotopic (exact) mass is 790 g/mol. The zero-order valence-corrected chi connectivity index (χ0v) is 33.3. The molecule has 0 unspecified atom stereocenters. The first-order valence-electron chi connectivity index (χ1n) is 17.2. The summed E-state index contributed by atoms with van der Waals surface area (Å²) in [5.74, 6) is 1.65. The first kappa shape index (κ1) is 34.8. The van der Waals surface area contributed by atoms with Crippen LogP contribution in [0.2, 0.25) is 0 Å². The van der Waals surface area contributed by atoms with Crippen molar-refractivity contribution in [2.75, 3.05) is 13.2 Å².